The molecule has 4 heterocycles. The minimum absolute atomic E-state index is 0.226. The second kappa shape index (κ2) is 9.06. The summed E-state index contributed by atoms with van der Waals surface area (Å²) in [6.45, 7) is 1.77. The van der Waals surface area contributed by atoms with Crippen molar-refractivity contribution in [1.29, 1.82) is 0 Å². The Morgan fingerprint density at radius 2 is 1.97 bits per heavy atom. The number of pyridine rings is 1. The van der Waals surface area contributed by atoms with Gasteiger partial charge in [0.05, 0.1) is 35.4 Å². The molecule has 0 aliphatic carbocycles. The van der Waals surface area contributed by atoms with Gasteiger partial charge in [-0.2, -0.15) is 10.2 Å². The summed E-state index contributed by atoms with van der Waals surface area (Å²) in [6, 6.07) is 12.5. The summed E-state index contributed by atoms with van der Waals surface area (Å²) in [5.74, 6) is -0.242. The number of aromatic nitrogens is 4. The molecular formula is C25H22ClN5O2S. The summed E-state index contributed by atoms with van der Waals surface area (Å²) in [5.41, 5.74) is 5.66. The zero-order valence-electron chi connectivity index (χ0n) is 18.6. The van der Waals surface area contributed by atoms with Crippen LogP contribution in [0.1, 0.15) is 26.2 Å². The Balaban J connectivity index is 1.42. The van der Waals surface area contributed by atoms with Crippen molar-refractivity contribution in [2.75, 3.05) is 6.61 Å². The standard InChI is InChI=1S/C25H22ClN5O2S/c1-15-20(9-24(34-15)25(33)29-22(14-32)16-4-3-5-19(26)8-16)21-11-28-31-13-17(6-7-23(21)31)18-10-27-30(2)12-18/h3-13,22,32H,14H2,1-2H3,(H,29,33)/t22-/m1/s1. The highest BCUT2D eigenvalue weighted by Crippen LogP contribution is 2.34. The molecule has 34 heavy (non-hydrogen) atoms. The highest BCUT2D eigenvalue weighted by atomic mass is 35.5. The van der Waals surface area contributed by atoms with E-state index in [-0.39, 0.29) is 12.5 Å². The van der Waals surface area contributed by atoms with E-state index >= 15 is 0 Å². The van der Waals surface area contributed by atoms with Gasteiger partial charge in [-0.25, -0.2) is 4.52 Å². The molecule has 5 aromatic rings. The van der Waals surface area contributed by atoms with Gasteiger partial charge < -0.3 is 10.4 Å². The highest BCUT2D eigenvalue weighted by molar-refractivity contribution is 7.14. The van der Waals surface area contributed by atoms with Crippen molar-refractivity contribution in [3.8, 4) is 22.3 Å². The molecule has 1 amide bonds. The van der Waals surface area contributed by atoms with Crippen molar-refractivity contribution in [2.45, 2.75) is 13.0 Å². The number of benzene rings is 1. The van der Waals surface area contributed by atoms with Gasteiger partial charge in [-0.05, 0) is 42.3 Å². The van der Waals surface area contributed by atoms with E-state index in [0.29, 0.717) is 9.90 Å². The van der Waals surface area contributed by atoms with Crippen LogP contribution in [0.15, 0.2) is 67.3 Å². The molecule has 1 atom stereocenters. The van der Waals surface area contributed by atoms with Gasteiger partial charge in [0.15, 0.2) is 0 Å². The molecule has 0 unspecified atom stereocenters. The monoisotopic (exact) mass is 491 g/mol. The Morgan fingerprint density at radius 1 is 1.12 bits per heavy atom. The molecule has 0 spiro atoms. The zero-order valence-corrected chi connectivity index (χ0v) is 20.1. The Kier molecular flexibility index (Phi) is 5.95. The average molecular weight is 492 g/mol. The van der Waals surface area contributed by atoms with Gasteiger partial charge in [-0.3, -0.25) is 9.48 Å². The van der Waals surface area contributed by atoms with Crippen molar-refractivity contribution in [1.82, 2.24) is 24.7 Å². The number of aryl methyl sites for hydroxylation is 2. The van der Waals surface area contributed by atoms with E-state index in [1.165, 1.54) is 11.3 Å². The van der Waals surface area contributed by atoms with Crippen LogP contribution in [0.4, 0.5) is 0 Å². The number of nitrogens with one attached hydrogen (secondary N) is 1. The van der Waals surface area contributed by atoms with Crippen LogP contribution in [0.2, 0.25) is 5.02 Å². The van der Waals surface area contributed by atoms with Gasteiger partial charge in [0.2, 0.25) is 0 Å². The third-order valence-corrected chi connectivity index (χ3v) is 7.01. The van der Waals surface area contributed by atoms with E-state index in [1.807, 2.05) is 67.5 Å². The number of hydrogen-bond donors (Lipinski definition) is 2. The lowest BCUT2D eigenvalue weighted by Gasteiger charge is -2.16. The number of thiophene rings is 1. The van der Waals surface area contributed by atoms with Crippen LogP contribution in [0.5, 0.6) is 0 Å². The SMILES string of the molecule is Cc1sc(C(=O)N[C@H](CO)c2cccc(Cl)c2)cc1-c1cnn2cc(-c3cnn(C)c3)ccc12. The molecule has 0 radical (unpaired) electrons. The fourth-order valence-corrected chi connectivity index (χ4v) is 5.12. The van der Waals surface area contributed by atoms with Crippen molar-refractivity contribution >= 4 is 34.4 Å². The second-order valence-corrected chi connectivity index (χ2v) is 9.75. The first kappa shape index (κ1) is 22.3. The lowest BCUT2D eigenvalue weighted by molar-refractivity contribution is 0.0920. The summed E-state index contributed by atoms with van der Waals surface area (Å²) in [5, 5.41) is 22.1. The zero-order chi connectivity index (χ0) is 23.8. The third-order valence-electron chi connectivity index (χ3n) is 5.73. The molecule has 0 saturated carbocycles. The predicted molar refractivity (Wildman–Crippen MR) is 134 cm³/mol. The molecule has 4 aromatic heterocycles. The normalized spacial score (nSPS) is 12.2. The van der Waals surface area contributed by atoms with Crippen LogP contribution in [0.3, 0.4) is 0 Å². The number of nitrogens with zero attached hydrogens (tertiary/aromatic N) is 4. The molecule has 7 nitrogen and oxygen atoms in total. The van der Waals surface area contributed by atoms with Crippen molar-refractivity contribution in [3.63, 3.8) is 0 Å². The molecule has 0 bridgehead atoms. The Hall–Kier alpha value is -3.46. The molecule has 1 aromatic carbocycles. The molecule has 0 saturated heterocycles. The smallest absolute Gasteiger partial charge is 0.261 e. The van der Waals surface area contributed by atoms with Gasteiger partial charge in [-0.15, -0.1) is 11.3 Å². The van der Waals surface area contributed by atoms with E-state index in [9.17, 15) is 9.90 Å². The number of carbonyl (C=O) groups excluding carboxylic acids is 1. The number of aliphatic hydroxyl groups is 1. The van der Waals surface area contributed by atoms with E-state index in [0.717, 1.165) is 38.2 Å². The van der Waals surface area contributed by atoms with Crippen molar-refractivity contribution < 1.29 is 9.90 Å². The van der Waals surface area contributed by atoms with Crippen LogP contribution in [0, 0.1) is 6.92 Å². The Morgan fingerprint density at radius 3 is 2.71 bits per heavy atom. The average Bonchev–Trinajstić information content (AvgIpc) is 3.54. The van der Waals surface area contributed by atoms with Crippen molar-refractivity contribution in [2.24, 2.45) is 7.05 Å². The fourth-order valence-electron chi connectivity index (χ4n) is 3.98. The van der Waals surface area contributed by atoms with E-state index in [2.05, 4.69) is 15.5 Å². The summed E-state index contributed by atoms with van der Waals surface area (Å²) in [6.07, 6.45) is 7.58. The Bertz CT molecular complexity index is 1500. The number of halogens is 1. The molecular weight excluding hydrogens is 470 g/mol. The second-order valence-electron chi connectivity index (χ2n) is 8.05. The molecule has 0 aliphatic rings. The summed E-state index contributed by atoms with van der Waals surface area (Å²) < 4.78 is 3.61. The summed E-state index contributed by atoms with van der Waals surface area (Å²) >= 11 is 7.48. The predicted octanol–water partition coefficient (Wildman–Crippen LogP) is 4.89. The minimum Gasteiger partial charge on any atom is -0.394 e. The van der Waals surface area contributed by atoms with E-state index in [4.69, 9.17) is 11.6 Å². The molecule has 5 rings (SSSR count). The lowest BCUT2D eigenvalue weighted by Crippen LogP contribution is -2.30. The molecule has 2 N–H and O–H groups in total. The number of aliphatic hydroxyl groups excluding tert-OH is 1. The van der Waals surface area contributed by atoms with Gasteiger partial charge in [0.1, 0.15) is 0 Å². The maximum absolute atomic E-state index is 13.0. The van der Waals surface area contributed by atoms with Gasteiger partial charge in [0, 0.05) is 46.0 Å². The van der Waals surface area contributed by atoms with Gasteiger partial charge in [-0.1, -0.05) is 29.8 Å². The number of hydrogen-bond acceptors (Lipinski definition) is 5. The summed E-state index contributed by atoms with van der Waals surface area (Å²) in [7, 11) is 1.89. The maximum atomic E-state index is 13.0. The topological polar surface area (TPSA) is 84.4 Å². The Labute approximate surface area is 205 Å². The van der Waals surface area contributed by atoms with E-state index in [1.54, 1.807) is 22.9 Å². The largest absolute Gasteiger partial charge is 0.394 e. The minimum atomic E-state index is -0.542. The van der Waals surface area contributed by atoms with Crippen LogP contribution in [-0.2, 0) is 7.05 Å². The van der Waals surface area contributed by atoms with Crippen molar-refractivity contribution in [3.05, 3.63) is 87.6 Å². The lowest BCUT2D eigenvalue weighted by atomic mass is 10.1. The quantitative estimate of drug-likeness (QED) is 0.354. The third kappa shape index (κ3) is 4.23. The van der Waals surface area contributed by atoms with Crippen LogP contribution in [-0.4, -0.2) is 37.0 Å². The number of amides is 1. The first-order chi connectivity index (χ1) is 16.4. The van der Waals surface area contributed by atoms with Crippen LogP contribution < -0.4 is 5.32 Å². The van der Waals surface area contributed by atoms with E-state index < -0.39 is 6.04 Å². The fraction of sp³-hybridized carbons (Fsp3) is 0.160. The first-order valence-electron chi connectivity index (χ1n) is 10.7. The van der Waals surface area contributed by atoms with Gasteiger partial charge >= 0.3 is 0 Å². The highest BCUT2D eigenvalue weighted by Gasteiger charge is 2.20. The number of fused-ring (bicyclic) bond motifs is 1. The number of rotatable bonds is 6. The molecule has 172 valence electrons. The summed E-state index contributed by atoms with van der Waals surface area (Å²) in [4.78, 5) is 14.6. The van der Waals surface area contributed by atoms with Crippen LogP contribution in [0.25, 0.3) is 27.8 Å². The molecule has 0 fully saturated rings. The number of carbonyl (C=O) groups is 1. The molecule has 9 heteroatoms. The van der Waals surface area contributed by atoms with Gasteiger partial charge in [0.25, 0.3) is 5.91 Å². The van der Waals surface area contributed by atoms with Crippen LogP contribution >= 0.6 is 22.9 Å². The maximum Gasteiger partial charge on any atom is 0.261 e. The first-order valence-corrected chi connectivity index (χ1v) is 11.9. The molecule has 0 aliphatic heterocycles.